The van der Waals surface area contributed by atoms with E-state index in [0.29, 0.717) is 6.42 Å². The molecule has 0 atom stereocenters. The zero-order valence-corrected chi connectivity index (χ0v) is 11.8. The Labute approximate surface area is 118 Å². The van der Waals surface area contributed by atoms with E-state index < -0.39 is 5.92 Å². The lowest BCUT2D eigenvalue weighted by Crippen LogP contribution is -2.43. The molecule has 0 bridgehead atoms. The summed E-state index contributed by atoms with van der Waals surface area (Å²) in [7, 11) is 1.54. The second-order valence-corrected chi connectivity index (χ2v) is 5.15. The van der Waals surface area contributed by atoms with Gasteiger partial charge in [0.25, 0.3) is 5.92 Å². The molecule has 1 fully saturated rings. The van der Waals surface area contributed by atoms with Gasteiger partial charge in [-0.05, 0) is 25.1 Å². The molecule has 6 heteroatoms. The predicted molar refractivity (Wildman–Crippen MR) is 76.5 cm³/mol. The molecule has 1 aromatic rings. The number of alkyl halides is 2. The van der Waals surface area contributed by atoms with Gasteiger partial charge in [-0.1, -0.05) is 6.07 Å². The molecule has 2 rings (SSSR count). The van der Waals surface area contributed by atoms with Crippen LogP contribution in [0.2, 0.25) is 0 Å². The summed E-state index contributed by atoms with van der Waals surface area (Å²) in [5.41, 5.74) is 0.861. The van der Waals surface area contributed by atoms with Crippen LogP contribution in [0.4, 0.5) is 14.6 Å². The van der Waals surface area contributed by atoms with Crippen LogP contribution in [0.1, 0.15) is 12.0 Å². The molecule has 20 heavy (non-hydrogen) atoms. The van der Waals surface area contributed by atoms with E-state index in [4.69, 9.17) is 0 Å². The van der Waals surface area contributed by atoms with E-state index in [1.807, 2.05) is 12.1 Å². The highest BCUT2D eigenvalue weighted by molar-refractivity contribution is 5.39. The molecule has 1 aliphatic heterocycles. The van der Waals surface area contributed by atoms with Gasteiger partial charge >= 0.3 is 0 Å². The van der Waals surface area contributed by atoms with Crippen molar-refractivity contribution < 1.29 is 8.78 Å². The Hall–Kier alpha value is -1.27. The Kier molecular flexibility index (Phi) is 5.25. The highest BCUT2D eigenvalue weighted by atomic mass is 19.3. The fraction of sp³-hybridized carbons (Fsp3) is 0.643. The second-order valence-electron chi connectivity index (χ2n) is 5.15. The van der Waals surface area contributed by atoms with Gasteiger partial charge in [0, 0.05) is 38.8 Å². The van der Waals surface area contributed by atoms with Gasteiger partial charge in [-0.3, -0.25) is 0 Å². The fourth-order valence-corrected chi connectivity index (χ4v) is 2.32. The normalized spacial score (nSPS) is 16.4. The molecular formula is C14H22F2N4. The molecule has 2 heterocycles. The molecular weight excluding hydrogens is 262 g/mol. The third kappa shape index (κ3) is 4.38. The first-order valence-electron chi connectivity index (χ1n) is 7.04. The minimum absolute atomic E-state index is 0.150. The van der Waals surface area contributed by atoms with Gasteiger partial charge in [0.1, 0.15) is 5.82 Å². The SMILES string of the molecule is CNCC(F)(F)CCc1ccc(N2CCNCC2)nc1. The number of aromatic nitrogens is 1. The number of aryl methyl sites for hydroxylation is 1. The quantitative estimate of drug-likeness (QED) is 0.825. The zero-order chi connectivity index (χ0) is 14.4. The number of hydrogen-bond donors (Lipinski definition) is 2. The number of rotatable bonds is 6. The molecule has 0 aromatic carbocycles. The lowest BCUT2D eigenvalue weighted by atomic mass is 10.1. The van der Waals surface area contributed by atoms with Crippen molar-refractivity contribution in [2.75, 3.05) is 44.7 Å². The van der Waals surface area contributed by atoms with Gasteiger partial charge in [-0.15, -0.1) is 0 Å². The Morgan fingerprint density at radius 3 is 2.70 bits per heavy atom. The maximum Gasteiger partial charge on any atom is 0.260 e. The van der Waals surface area contributed by atoms with Gasteiger partial charge in [-0.2, -0.15) is 0 Å². The monoisotopic (exact) mass is 284 g/mol. The number of piperazine rings is 1. The average molecular weight is 284 g/mol. The second kappa shape index (κ2) is 6.95. The van der Waals surface area contributed by atoms with Crippen molar-refractivity contribution in [1.29, 1.82) is 0 Å². The summed E-state index contributed by atoms with van der Waals surface area (Å²) >= 11 is 0. The zero-order valence-electron chi connectivity index (χ0n) is 11.8. The smallest absolute Gasteiger partial charge is 0.260 e. The van der Waals surface area contributed by atoms with E-state index in [1.54, 1.807) is 6.20 Å². The van der Waals surface area contributed by atoms with E-state index in [9.17, 15) is 8.78 Å². The van der Waals surface area contributed by atoms with Gasteiger partial charge in [0.15, 0.2) is 0 Å². The molecule has 0 saturated carbocycles. The Bertz CT molecular complexity index is 402. The summed E-state index contributed by atoms with van der Waals surface area (Å²) in [6.07, 6.45) is 1.92. The maximum atomic E-state index is 13.4. The highest BCUT2D eigenvalue weighted by Gasteiger charge is 2.27. The number of anilines is 1. The molecule has 1 saturated heterocycles. The van der Waals surface area contributed by atoms with Crippen molar-refractivity contribution in [3.8, 4) is 0 Å². The number of pyridine rings is 1. The van der Waals surface area contributed by atoms with Crippen LogP contribution in [0.25, 0.3) is 0 Å². The largest absolute Gasteiger partial charge is 0.354 e. The first-order valence-corrected chi connectivity index (χ1v) is 7.04. The Balaban J connectivity index is 1.88. The van der Waals surface area contributed by atoms with Crippen LogP contribution in [-0.4, -0.2) is 50.7 Å². The molecule has 0 radical (unpaired) electrons. The number of nitrogens with one attached hydrogen (secondary N) is 2. The standard InChI is InChI=1S/C14H22F2N4/c1-17-11-14(15,16)5-4-12-2-3-13(19-10-12)20-8-6-18-7-9-20/h2-3,10,17-18H,4-9,11H2,1H3. The van der Waals surface area contributed by atoms with Crippen LogP contribution in [0.15, 0.2) is 18.3 Å². The predicted octanol–water partition coefficient (Wildman–Crippen LogP) is 1.28. The van der Waals surface area contributed by atoms with E-state index >= 15 is 0 Å². The number of halogens is 2. The Morgan fingerprint density at radius 2 is 2.10 bits per heavy atom. The summed E-state index contributed by atoms with van der Waals surface area (Å²) in [6.45, 7) is 3.51. The first kappa shape index (κ1) is 15.1. The molecule has 0 unspecified atom stereocenters. The lowest BCUT2D eigenvalue weighted by Gasteiger charge is -2.28. The van der Waals surface area contributed by atoms with Crippen LogP contribution < -0.4 is 15.5 Å². The average Bonchev–Trinajstić information content (AvgIpc) is 2.47. The van der Waals surface area contributed by atoms with Gasteiger partial charge in [0.05, 0.1) is 6.54 Å². The van der Waals surface area contributed by atoms with Crippen molar-refractivity contribution >= 4 is 5.82 Å². The van der Waals surface area contributed by atoms with Gasteiger partial charge in [0.2, 0.25) is 0 Å². The van der Waals surface area contributed by atoms with Crippen LogP contribution in [0.5, 0.6) is 0 Å². The fourth-order valence-electron chi connectivity index (χ4n) is 2.32. The molecule has 0 spiro atoms. The Morgan fingerprint density at radius 1 is 1.35 bits per heavy atom. The summed E-state index contributed by atoms with van der Waals surface area (Å²) < 4.78 is 26.8. The number of hydrogen-bond acceptors (Lipinski definition) is 4. The summed E-state index contributed by atoms with van der Waals surface area (Å²) in [5, 5.41) is 5.80. The first-order chi connectivity index (χ1) is 9.61. The molecule has 2 N–H and O–H groups in total. The molecule has 0 amide bonds. The van der Waals surface area contributed by atoms with Crippen molar-refractivity contribution in [3.05, 3.63) is 23.9 Å². The van der Waals surface area contributed by atoms with Crippen molar-refractivity contribution in [2.45, 2.75) is 18.8 Å². The van der Waals surface area contributed by atoms with Crippen LogP contribution in [0, 0.1) is 0 Å². The third-order valence-corrected chi connectivity index (χ3v) is 3.46. The minimum Gasteiger partial charge on any atom is -0.354 e. The van der Waals surface area contributed by atoms with Crippen LogP contribution in [0.3, 0.4) is 0 Å². The van der Waals surface area contributed by atoms with Gasteiger partial charge in [-0.25, -0.2) is 13.8 Å². The molecule has 4 nitrogen and oxygen atoms in total. The van der Waals surface area contributed by atoms with Crippen LogP contribution in [-0.2, 0) is 6.42 Å². The maximum absolute atomic E-state index is 13.4. The summed E-state index contributed by atoms with van der Waals surface area (Å²) in [4.78, 5) is 6.59. The molecule has 1 aliphatic rings. The number of nitrogens with zero attached hydrogens (tertiary/aromatic N) is 2. The molecule has 112 valence electrons. The van der Waals surface area contributed by atoms with E-state index in [1.165, 1.54) is 7.05 Å². The topological polar surface area (TPSA) is 40.2 Å². The van der Waals surface area contributed by atoms with Crippen molar-refractivity contribution in [1.82, 2.24) is 15.6 Å². The van der Waals surface area contributed by atoms with Crippen molar-refractivity contribution in [3.63, 3.8) is 0 Å². The summed E-state index contributed by atoms with van der Waals surface area (Å²) in [6, 6.07) is 3.83. The van der Waals surface area contributed by atoms with Crippen molar-refractivity contribution in [2.24, 2.45) is 0 Å². The van der Waals surface area contributed by atoms with E-state index in [-0.39, 0.29) is 13.0 Å². The lowest BCUT2D eigenvalue weighted by molar-refractivity contribution is -0.00431. The highest BCUT2D eigenvalue weighted by Crippen LogP contribution is 2.20. The van der Waals surface area contributed by atoms with Crippen LogP contribution >= 0.6 is 0 Å². The molecule has 0 aliphatic carbocycles. The third-order valence-electron chi connectivity index (χ3n) is 3.46. The van der Waals surface area contributed by atoms with Gasteiger partial charge < -0.3 is 15.5 Å². The van der Waals surface area contributed by atoms with E-state index in [0.717, 1.165) is 37.6 Å². The summed E-state index contributed by atoms with van der Waals surface area (Å²) in [5.74, 6) is -1.73. The minimum atomic E-state index is -2.66. The van der Waals surface area contributed by atoms with E-state index in [2.05, 4.69) is 20.5 Å². The molecule has 1 aromatic heterocycles.